The number of carbonyl (C=O) groups is 1. The summed E-state index contributed by atoms with van der Waals surface area (Å²) in [7, 11) is 0. The van der Waals surface area contributed by atoms with Crippen LogP contribution in [0.4, 0.5) is 8.78 Å². The highest BCUT2D eigenvalue weighted by atomic mass is 19.2. The van der Waals surface area contributed by atoms with Gasteiger partial charge in [0, 0.05) is 6.42 Å². The molecule has 2 aromatic rings. The molecule has 24 heavy (non-hydrogen) atoms. The topological polar surface area (TPSA) is 50.7 Å². The SMILES string of the molecule is C[C@@H](NC(=O)[C@H]1CC(c2ccccc2)=NO1)c1ccc(F)c(F)c1. The summed E-state index contributed by atoms with van der Waals surface area (Å²) >= 11 is 0. The van der Waals surface area contributed by atoms with Crippen molar-refractivity contribution in [3.8, 4) is 0 Å². The number of halogens is 2. The number of oxime groups is 1. The summed E-state index contributed by atoms with van der Waals surface area (Å²) in [5.41, 5.74) is 2.09. The second kappa shape index (κ2) is 6.78. The summed E-state index contributed by atoms with van der Waals surface area (Å²) in [6, 6.07) is 12.5. The van der Waals surface area contributed by atoms with Crippen LogP contribution in [-0.4, -0.2) is 17.7 Å². The average molecular weight is 330 g/mol. The van der Waals surface area contributed by atoms with E-state index in [-0.39, 0.29) is 5.91 Å². The van der Waals surface area contributed by atoms with E-state index < -0.39 is 23.8 Å². The van der Waals surface area contributed by atoms with E-state index >= 15 is 0 Å². The summed E-state index contributed by atoms with van der Waals surface area (Å²) in [5.74, 6) is -2.21. The van der Waals surface area contributed by atoms with Crippen LogP contribution in [0.15, 0.2) is 53.7 Å². The normalized spacial score (nSPS) is 17.8. The molecule has 0 radical (unpaired) electrons. The molecule has 0 unspecified atom stereocenters. The number of carbonyl (C=O) groups excluding carboxylic acids is 1. The molecule has 4 nitrogen and oxygen atoms in total. The highest BCUT2D eigenvalue weighted by Crippen LogP contribution is 2.19. The van der Waals surface area contributed by atoms with Crippen LogP contribution in [0.5, 0.6) is 0 Å². The van der Waals surface area contributed by atoms with Gasteiger partial charge >= 0.3 is 0 Å². The van der Waals surface area contributed by atoms with Crippen molar-refractivity contribution in [1.82, 2.24) is 5.32 Å². The molecule has 0 aliphatic carbocycles. The third kappa shape index (κ3) is 3.42. The van der Waals surface area contributed by atoms with Crippen LogP contribution >= 0.6 is 0 Å². The van der Waals surface area contributed by atoms with Crippen molar-refractivity contribution in [2.24, 2.45) is 5.16 Å². The van der Waals surface area contributed by atoms with Crippen molar-refractivity contribution in [3.63, 3.8) is 0 Å². The van der Waals surface area contributed by atoms with Gasteiger partial charge in [-0.15, -0.1) is 0 Å². The fourth-order valence-electron chi connectivity index (χ4n) is 2.49. The number of hydrogen-bond donors (Lipinski definition) is 1. The quantitative estimate of drug-likeness (QED) is 0.935. The molecule has 0 spiro atoms. The van der Waals surface area contributed by atoms with Gasteiger partial charge < -0.3 is 10.2 Å². The van der Waals surface area contributed by atoms with E-state index in [4.69, 9.17) is 4.84 Å². The number of benzene rings is 2. The van der Waals surface area contributed by atoms with Gasteiger partial charge in [-0.3, -0.25) is 4.79 Å². The average Bonchev–Trinajstić information content (AvgIpc) is 3.08. The van der Waals surface area contributed by atoms with Gasteiger partial charge in [0.15, 0.2) is 11.6 Å². The molecule has 1 aliphatic heterocycles. The first kappa shape index (κ1) is 16.1. The van der Waals surface area contributed by atoms with E-state index in [1.54, 1.807) is 6.92 Å². The van der Waals surface area contributed by atoms with Crippen LogP contribution in [0.25, 0.3) is 0 Å². The Morgan fingerprint density at radius 2 is 1.96 bits per heavy atom. The molecule has 0 bridgehead atoms. The number of rotatable bonds is 4. The van der Waals surface area contributed by atoms with Gasteiger partial charge in [-0.1, -0.05) is 41.6 Å². The lowest BCUT2D eigenvalue weighted by Gasteiger charge is -2.16. The zero-order valence-electron chi connectivity index (χ0n) is 13.0. The summed E-state index contributed by atoms with van der Waals surface area (Å²) < 4.78 is 26.3. The second-order valence-electron chi connectivity index (χ2n) is 5.61. The lowest BCUT2D eigenvalue weighted by Crippen LogP contribution is -2.36. The van der Waals surface area contributed by atoms with E-state index in [2.05, 4.69) is 10.5 Å². The third-order valence-corrected chi connectivity index (χ3v) is 3.87. The molecule has 0 aromatic heterocycles. The lowest BCUT2D eigenvalue weighted by molar-refractivity contribution is -0.131. The van der Waals surface area contributed by atoms with Crippen LogP contribution in [0.2, 0.25) is 0 Å². The maximum Gasteiger partial charge on any atom is 0.264 e. The zero-order chi connectivity index (χ0) is 17.1. The van der Waals surface area contributed by atoms with Gasteiger partial charge in [-0.25, -0.2) is 8.78 Å². The Bertz CT molecular complexity index is 778. The first-order valence-electron chi connectivity index (χ1n) is 7.58. The number of hydrogen-bond acceptors (Lipinski definition) is 3. The van der Waals surface area contributed by atoms with E-state index in [1.807, 2.05) is 30.3 Å². The highest BCUT2D eigenvalue weighted by molar-refractivity contribution is 6.04. The van der Waals surface area contributed by atoms with E-state index in [0.29, 0.717) is 17.7 Å². The van der Waals surface area contributed by atoms with Crippen LogP contribution in [0.3, 0.4) is 0 Å². The number of amides is 1. The van der Waals surface area contributed by atoms with Gasteiger partial charge in [0.05, 0.1) is 11.8 Å². The lowest BCUT2D eigenvalue weighted by atomic mass is 10.0. The number of nitrogens with one attached hydrogen (secondary N) is 1. The molecule has 0 saturated heterocycles. The molecule has 1 heterocycles. The monoisotopic (exact) mass is 330 g/mol. The maximum absolute atomic E-state index is 13.3. The third-order valence-electron chi connectivity index (χ3n) is 3.87. The molecule has 6 heteroatoms. The molecule has 0 fully saturated rings. The molecule has 2 aromatic carbocycles. The molecule has 0 saturated carbocycles. The maximum atomic E-state index is 13.3. The Labute approximate surface area is 138 Å². The Hall–Kier alpha value is -2.76. The Kier molecular flexibility index (Phi) is 4.55. The van der Waals surface area contributed by atoms with Gasteiger partial charge in [0.25, 0.3) is 5.91 Å². The van der Waals surface area contributed by atoms with Crippen molar-refractivity contribution >= 4 is 11.6 Å². The largest absolute Gasteiger partial charge is 0.382 e. The first-order valence-corrected chi connectivity index (χ1v) is 7.58. The summed E-state index contributed by atoms with van der Waals surface area (Å²) in [6.07, 6.45) is -0.367. The highest BCUT2D eigenvalue weighted by Gasteiger charge is 2.29. The van der Waals surface area contributed by atoms with E-state index in [1.165, 1.54) is 6.07 Å². The summed E-state index contributed by atoms with van der Waals surface area (Å²) in [6.45, 7) is 1.69. The van der Waals surface area contributed by atoms with Crippen LogP contribution < -0.4 is 5.32 Å². The van der Waals surface area contributed by atoms with Crippen molar-refractivity contribution in [2.45, 2.75) is 25.5 Å². The van der Waals surface area contributed by atoms with Gasteiger partial charge in [-0.2, -0.15) is 0 Å². The molecule has 2 atom stereocenters. The van der Waals surface area contributed by atoms with Crippen molar-refractivity contribution in [2.75, 3.05) is 0 Å². The first-order chi connectivity index (χ1) is 11.5. The zero-order valence-corrected chi connectivity index (χ0v) is 13.0. The van der Waals surface area contributed by atoms with Gasteiger partial charge in [0.2, 0.25) is 6.10 Å². The minimum absolute atomic E-state index is 0.345. The van der Waals surface area contributed by atoms with E-state index in [0.717, 1.165) is 17.7 Å². The molecule has 1 aliphatic rings. The van der Waals surface area contributed by atoms with Crippen molar-refractivity contribution in [3.05, 3.63) is 71.3 Å². The molecular formula is C18H16F2N2O2. The fourth-order valence-corrected chi connectivity index (χ4v) is 2.49. The standard InChI is InChI=1S/C18H16F2N2O2/c1-11(13-7-8-14(19)15(20)9-13)21-18(23)17-10-16(22-24-17)12-5-3-2-4-6-12/h2-9,11,17H,10H2,1H3,(H,21,23)/t11-,17-/m1/s1. The summed E-state index contributed by atoms with van der Waals surface area (Å²) in [4.78, 5) is 17.5. The van der Waals surface area contributed by atoms with Crippen LogP contribution in [0, 0.1) is 11.6 Å². The fraction of sp³-hybridized carbons (Fsp3) is 0.222. The second-order valence-corrected chi connectivity index (χ2v) is 5.61. The Balaban J connectivity index is 1.61. The van der Waals surface area contributed by atoms with E-state index in [9.17, 15) is 13.6 Å². The Morgan fingerprint density at radius 3 is 2.67 bits per heavy atom. The summed E-state index contributed by atoms with van der Waals surface area (Å²) in [5, 5.41) is 6.69. The van der Waals surface area contributed by atoms with Crippen LogP contribution in [-0.2, 0) is 9.63 Å². The molecule has 1 amide bonds. The predicted octanol–water partition coefficient (Wildman–Crippen LogP) is 3.34. The van der Waals surface area contributed by atoms with Gasteiger partial charge in [-0.05, 0) is 30.2 Å². The minimum atomic E-state index is -0.944. The molecule has 1 N–H and O–H groups in total. The number of nitrogens with zero attached hydrogens (tertiary/aromatic N) is 1. The molecule has 3 rings (SSSR count). The van der Waals surface area contributed by atoms with Crippen LogP contribution in [0.1, 0.15) is 30.5 Å². The van der Waals surface area contributed by atoms with Crippen molar-refractivity contribution < 1.29 is 18.4 Å². The predicted molar refractivity (Wildman–Crippen MR) is 85.4 cm³/mol. The minimum Gasteiger partial charge on any atom is -0.382 e. The van der Waals surface area contributed by atoms with Crippen molar-refractivity contribution in [1.29, 1.82) is 0 Å². The smallest absolute Gasteiger partial charge is 0.264 e. The molecular weight excluding hydrogens is 314 g/mol. The Morgan fingerprint density at radius 1 is 1.21 bits per heavy atom. The van der Waals surface area contributed by atoms with Gasteiger partial charge in [0.1, 0.15) is 0 Å². The molecule has 124 valence electrons.